The second-order valence-electron chi connectivity index (χ2n) is 3.01. The zero-order chi connectivity index (χ0) is 11.7. The van der Waals surface area contributed by atoms with Gasteiger partial charge in [0.2, 0.25) is 0 Å². The predicted molar refractivity (Wildman–Crippen MR) is 53.9 cm³/mol. The number of aromatic nitrogens is 1. The molecule has 1 aromatic heterocycles. The molecule has 82 valence electrons. The van der Waals surface area contributed by atoms with Gasteiger partial charge in [-0.15, -0.1) is 0 Å². The third kappa shape index (κ3) is 1.77. The highest BCUT2D eigenvalue weighted by atomic mass is 35.5. The van der Waals surface area contributed by atoms with Crippen molar-refractivity contribution >= 4 is 17.6 Å². The van der Waals surface area contributed by atoms with Crippen molar-refractivity contribution in [2.45, 2.75) is 0 Å². The number of benzene rings is 1. The molecule has 0 amide bonds. The summed E-state index contributed by atoms with van der Waals surface area (Å²) in [5.74, 6) is -1.86. The van der Waals surface area contributed by atoms with Crippen LogP contribution in [0, 0.1) is 5.82 Å². The number of aromatic carboxylic acids is 1. The van der Waals surface area contributed by atoms with Crippen LogP contribution < -0.4 is 0 Å². The first-order chi connectivity index (χ1) is 7.59. The Balaban J connectivity index is 2.54. The SMILES string of the molecule is O=C(O)c1nocc1-c1ccc(Cl)c(F)c1. The first-order valence-corrected chi connectivity index (χ1v) is 4.60. The maximum Gasteiger partial charge on any atom is 0.358 e. The second kappa shape index (κ2) is 3.94. The molecule has 0 spiro atoms. The van der Waals surface area contributed by atoms with Crippen molar-refractivity contribution in [2.75, 3.05) is 0 Å². The standard InChI is InChI=1S/C10H5ClFNO3/c11-7-2-1-5(3-8(7)12)6-4-16-13-9(6)10(14)15/h1-4H,(H,14,15). The number of nitrogens with zero attached hydrogens (tertiary/aromatic N) is 1. The van der Waals surface area contributed by atoms with Crippen molar-refractivity contribution in [1.82, 2.24) is 5.16 Å². The van der Waals surface area contributed by atoms with Crippen molar-refractivity contribution in [3.05, 3.63) is 41.0 Å². The summed E-state index contributed by atoms with van der Waals surface area (Å²) >= 11 is 5.51. The Kier molecular flexibility index (Phi) is 2.62. The largest absolute Gasteiger partial charge is 0.476 e. The summed E-state index contributed by atoms with van der Waals surface area (Å²) < 4.78 is 17.7. The van der Waals surface area contributed by atoms with E-state index in [-0.39, 0.29) is 16.3 Å². The molecule has 0 saturated carbocycles. The molecule has 0 unspecified atom stereocenters. The zero-order valence-electron chi connectivity index (χ0n) is 7.78. The Morgan fingerprint density at radius 3 is 2.88 bits per heavy atom. The maximum atomic E-state index is 13.2. The summed E-state index contributed by atoms with van der Waals surface area (Å²) in [5, 5.41) is 12.1. The van der Waals surface area contributed by atoms with Gasteiger partial charge in [0.1, 0.15) is 12.1 Å². The van der Waals surface area contributed by atoms with Gasteiger partial charge in [0.15, 0.2) is 5.69 Å². The third-order valence-electron chi connectivity index (χ3n) is 2.00. The van der Waals surface area contributed by atoms with Gasteiger partial charge in [-0.1, -0.05) is 22.8 Å². The smallest absolute Gasteiger partial charge is 0.358 e. The first kappa shape index (κ1) is 10.6. The quantitative estimate of drug-likeness (QED) is 0.878. The normalized spacial score (nSPS) is 10.4. The minimum Gasteiger partial charge on any atom is -0.476 e. The Morgan fingerprint density at radius 2 is 2.25 bits per heavy atom. The number of carboxylic acid groups (broad SMARTS) is 1. The molecule has 1 heterocycles. The lowest BCUT2D eigenvalue weighted by molar-refractivity contribution is 0.0686. The summed E-state index contributed by atoms with van der Waals surface area (Å²) in [6.07, 6.45) is 1.14. The van der Waals surface area contributed by atoms with Crippen molar-refractivity contribution < 1.29 is 18.8 Å². The van der Waals surface area contributed by atoms with Gasteiger partial charge in [-0.2, -0.15) is 0 Å². The lowest BCUT2D eigenvalue weighted by Crippen LogP contribution is -1.98. The Hall–Kier alpha value is -1.88. The van der Waals surface area contributed by atoms with E-state index in [1.54, 1.807) is 0 Å². The molecule has 0 atom stereocenters. The number of carboxylic acids is 1. The van der Waals surface area contributed by atoms with Crippen LogP contribution in [0.5, 0.6) is 0 Å². The van der Waals surface area contributed by atoms with Crippen LogP contribution in [0.25, 0.3) is 11.1 Å². The van der Waals surface area contributed by atoms with Crippen LogP contribution in [-0.2, 0) is 0 Å². The topological polar surface area (TPSA) is 63.3 Å². The number of hydrogen-bond donors (Lipinski definition) is 1. The minimum atomic E-state index is -1.24. The summed E-state index contributed by atoms with van der Waals surface area (Å²) in [4.78, 5) is 10.8. The van der Waals surface area contributed by atoms with E-state index in [4.69, 9.17) is 16.7 Å². The highest BCUT2D eigenvalue weighted by Gasteiger charge is 2.17. The molecule has 6 heteroatoms. The van der Waals surface area contributed by atoms with Gasteiger partial charge in [-0.05, 0) is 17.7 Å². The van der Waals surface area contributed by atoms with E-state index in [2.05, 4.69) is 9.68 Å². The molecule has 2 rings (SSSR count). The number of hydrogen-bond acceptors (Lipinski definition) is 3. The molecule has 1 N–H and O–H groups in total. The van der Waals surface area contributed by atoms with Gasteiger partial charge in [0.25, 0.3) is 0 Å². The highest BCUT2D eigenvalue weighted by molar-refractivity contribution is 6.30. The van der Waals surface area contributed by atoms with Crippen LogP contribution >= 0.6 is 11.6 Å². The van der Waals surface area contributed by atoms with Crippen LogP contribution in [0.15, 0.2) is 29.0 Å². The molecule has 16 heavy (non-hydrogen) atoms. The van der Waals surface area contributed by atoms with Gasteiger partial charge < -0.3 is 9.63 Å². The molecular weight excluding hydrogens is 237 g/mol. The van der Waals surface area contributed by atoms with Crippen molar-refractivity contribution in [3.63, 3.8) is 0 Å². The summed E-state index contributed by atoms with van der Waals surface area (Å²) in [5.41, 5.74) is 0.297. The molecule has 2 aromatic rings. The molecule has 0 aliphatic rings. The van der Waals surface area contributed by atoms with Gasteiger partial charge >= 0.3 is 5.97 Å². The van der Waals surface area contributed by atoms with E-state index >= 15 is 0 Å². The van der Waals surface area contributed by atoms with Crippen LogP contribution in [0.3, 0.4) is 0 Å². The van der Waals surface area contributed by atoms with E-state index in [0.29, 0.717) is 5.56 Å². The fraction of sp³-hybridized carbons (Fsp3) is 0. The summed E-state index contributed by atoms with van der Waals surface area (Å²) in [7, 11) is 0. The van der Waals surface area contributed by atoms with Crippen molar-refractivity contribution in [2.24, 2.45) is 0 Å². The van der Waals surface area contributed by atoms with E-state index in [1.165, 1.54) is 12.1 Å². The average molecular weight is 242 g/mol. The molecule has 0 aliphatic carbocycles. The zero-order valence-corrected chi connectivity index (χ0v) is 8.53. The number of rotatable bonds is 2. The van der Waals surface area contributed by atoms with Crippen LogP contribution in [0.2, 0.25) is 5.02 Å². The molecule has 0 bridgehead atoms. The van der Waals surface area contributed by atoms with Crippen LogP contribution in [0.1, 0.15) is 10.5 Å². The molecule has 1 aromatic carbocycles. The second-order valence-corrected chi connectivity index (χ2v) is 3.42. The Labute approximate surface area is 94.2 Å². The fourth-order valence-electron chi connectivity index (χ4n) is 1.26. The number of carbonyl (C=O) groups is 1. The number of halogens is 2. The van der Waals surface area contributed by atoms with Crippen LogP contribution in [-0.4, -0.2) is 16.2 Å². The van der Waals surface area contributed by atoms with Gasteiger partial charge in [0.05, 0.1) is 10.6 Å². The molecule has 0 fully saturated rings. The molecule has 0 radical (unpaired) electrons. The van der Waals surface area contributed by atoms with Gasteiger partial charge in [-0.25, -0.2) is 9.18 Å². The third-order valence-corrected chi connectivity index (χ3v) is 2.31. The Bertz CT molecular complexity index is 553. The average Bonchev–Trinajstić information content (AvgIpc) is 2.71. The monoisotopic (exact) mass is 241 g/mol. The van der Waals surface area contributed by atoms with E-state index in [9.17, 15) is 9.18 Å². The van der Waals surface area contributed by atoms with Gasteiger partial charge in [-0.3, -0.25) is 0 Å². The minimum absolute atomic E-state index is 0.0305. The lowest BCUT2D eigenvalue weighted by Gasteiger charge is -1.99. The lowest BCUT2D eigenvalue weighted by atomic mass is 10.1. The van der Waals surface area contributed by atoms with E-state index < -0.39 is 11.8 Å². The Morgan fingerprint density at radius 1 is 1.50 bits per heavy atom. The maximum absolute atomic E-state index is 13.2. The van der Waals surface area contributed by atoms with E-state index in [1.807, 2.05) is 0 Å². The summed E-state index contributed by atoms with van der Waals surface area (Å²) in [6, 6.07) is 3.95. The van der Waals surface area contributed by atoms with E-state index in [0.717, 1.165) is 12.3 Å². The summed E-state index contributed by atoms with van der Waals surface area (Å²) in [6.45, 7) is 0. The first-order valence-electron chi connectivity index (χ1n) is 4.22. The van der Waals surface area contributed by atoms with Crippen LogP contribution in [0.4, 0.5) is 4.39 Å². The molecular formula is C10H5ClFNO3. The molecule has 4 nitrogen and oxygen atoms in total. The van der Waals surface area contributed by atoms with Crippen molar-refractivity contribution in [3.8, 4) is 11.1 Å². The molecule has 0 aliphatic heterocycles. The highest BCUT2D eigenvalue weighted by Crippen LogP contribution is 2.26. The van der Waals surface area contributed by atoms with Crippen molar-refractivity contribution in [1.29, 1.82) is 0 Å². The molecule has 0 saturated heterocycles. The fourth-order valence-corrected chi connectivity index (χ4v) is 1.38. The van der Waals surface area contributed by atoms with Gasteiger partial charge in [0, 0.05) is 0 Å². The predicted octanol–water partition coefficient (Wildman–Crippen LogP) is 2.83.